The Morgan fingerprint density at radius 2 is 2.11 bits per heavy atom. The molecule has 2 rings (SSSR count). The monoisotopic (exact) mass is 279 g/mol. The third-order valence-corrected chi connectivity index (χ3v) is 3.59. The summed E-state index contributed by atoms with van der Waals surface area (Å²) in [5.74, 6) is 1.64. The van der Waals surface area contributed by atoms with Crippen LogP contribution in [0.2, 0.25) is 5.02 Å². The van der Waals surface area contributed by atoms with Gasteiger partial charge in [0.2, 0.25) is 0 Å². The van der Waals surface area contributed by atoms with E-state index in [0.29, 0.717) is 6.61 Å². The highest BCUT2D eigenvalue weighted by Gasteiger charge is 2.19. The van der Waals surface area contributed by atoms with Crippen LogP contribution in [-0.2, 0) is 11.3 Å². The van der Waals surface area contributed by atoms with Crippen molar-refractivity contribution < 1.29 is 9.15 Å². The third kappa shape index (κ3) is 3.00. The molecule has 1 heterocycles. The summed E-state index contributed by atoms with van der Waals surface area (Å²) < 4.78 is 10.8. The fourth-order valence-electron chi connectivity index (χ4n) is 2.11. The lowest BCUT2D eigenvalue weighted by Crippen LogP contribution is -2.17. The van der Waals surface area contributed by atoms with Gasteiger partial charge in [-0.2, -0.15) is 0 Å². The number of benzene rings is 1. The maximum atomic E-state index is 6.38. The summed E-state index contributed by atoms with van der Waals surface area (Å²) in [6.45, 7) is 2.47. The molecule has 102 valence electrons. The number of ether oxygens (including phenoxy) is 1. The fraction of sp³-hybridized carbons (Fsp3) is 0.333. The molecular formula is C15H18ClNO2. The molecule has 1 N–H and O–H groups in total. The highest BCUT2D eigenvalue weighted by atomic mass is 35.5. The maximum absolute atomic E-state index is 6.38. The number of rotatable bonds is 5. The van der Waals surface area contributed by atoms with Crippen LogP contribution in [0.5, 0.6) is 0 Å². The first-order valence-corrected chi connectivity index (χ1v) is 6.55. The maximum Gasteiger partial charge on any atom is 0.129 e. The van der Waals surface area contributed by atoms with Crippen LogP contribution in [0.15, 0.2) is 34.7 Å². The van der Waals surface area contributed by atoms with Crippen molar-refractivity contribution in [1.82, 2.24) is 5.32 Å². The second kappa shape index (κ2) is 6.24. The molecule has 19 heavy (non-hydrogen) atoms. The van der Waals surface area contributed by atoms with E-state index in [-0.39, 0.29) is 6.04 Å². The van der Waals surface area contributed by atoms with Crippen molar-refractivity contribution in [2.75, 3.05) is 14.2 Å². The lowest BCUT2D eigenvalue weighted by molar-refractivity contribution is 0.162. The van der Waals surface area contributed by atoms with E-state index in [2.05, 4.69) is 5.32 Å². The van der Waals surface area contributed by atoms with Gasteiger partial charge in [-0.05, 0) is 37.2 Å². The molecule has 4 heteroatoms. The zero-order valence-corrected chi connectivity index (χ0v) is 12.1. The van der Waals surface area contributed by atoms with Crippen LogP contribution in [0, 0.1) is 6.92 Å². The smallest absolute Gasteiger partial charge is 0.129 e. The van der Waals surface area contributed by atoms with Crippen molar-refractivity contribution in [1.29, 1.82) is 0 Å². The number of furan rings is 1. The highest BCUT2D eigenvalue weighted by molar-refractivity contribution is 6.32. The first kappa shape index (κ1) is 14.1. The molecule has 2 aromatic rings. The Hall–Kier alpha value is -1.29. The largest absolute Gasteiger partial charge is 0.462 e. The number of hydrogen-bond acceptors (Lipinski definition) is 3. The van der Waals surface area contributed by atoms with Gasteiger partial charge in [0, 0.05) is 12.1 Å². The Balaban J connectivity index is 2.35. The van der Waals surface area contributed by atoms with Gasteiger partial charge < -0.3 is 14.5 Å². The van der Waals surface area contributed by atoms with Gasteiger partial charge in [-0.15, -0.1) is 0 Å². The molecule has 3 nitrogen and oxygen atoms in total. The molecule has 0 saturated heterocycles. The van der Waals surface area contributed by atoms with E-state index in [1.807, 2.05) is 44.3 Å². The van der Waals surface area contributed by atoms with Crippen molar-refractivity contribution in [3.63, 3.8) is 0 Å². The zero-order chi connectivity index (χ0) is 13.8. The van der Waals surface area contributed by atoms with E-state index in [9.17, 15) is 0 Å². The van der Waals surface area contributed by atoms with Crippen molar-refractivity contribution in [3.05, 3.63) is 58.0 Å². The molecule has 0 aliphatic carbocycles. The van der Waals surface area contributed by atoms with Gasteiger partial charge in [0.05, 0.1) is 6.04 Å². The molecule has 0 amide bonds. The molecule has 0 radical (unpaired) electrons. The van der Waals surface area contributed by atoms with E-state index in [4.69, 9.17) is 20.8 Å². The van der Waals surface area contributed by atoms with Crippen molar-refractivity contribution >= 4 is 11.6 Å². The first-order valence-electron chi connectivity index (χ1n) is 6.17. The van der Waals surface area contributed by atoms with Crippen LogP contribution in [0.25, 0.3) is 0 Å². The second-order valence-electron chi connectivity index (χ2n) is 4.44. The molecule has 1 atom stereocenters. The van der Waals surface area contributed by atoms with Gasteiger partial charge >= 0.3 is 0 Å². The third-order valence-electron chi connectivity index (χ3n) is 3.07. The quantitative estimate of drug-likeness (QED) is 0.906. The van der Waals surface area contributed by atoms with E-state index in [0.717, 1.165) is 27.7 Å². The molecule has 1 unspecified atom stereocenters. The molecule has 0 aliphatic rings. The average Bonchev–Trinajstić information content (AvgIpc) is 2.84. The number of hydrogen-bond donors (Lipinski definition) is 1. The van der Waals surface area contributed by atoms with E-state index < -0.39 is 0 Å². The zero-order valence-electron chi connectivity index (χ0n) is 11.4. The number of methoxy groups -OCH3 is 1. The Morgan fingerprint density at radius 3 is 2.79 bits per heavy atom. The van der Waals surface area contributed by atoms with Crippen LogP contribution in [0.3, 0.4) is 0 Å². The topological polar surface area (TPSA) is 34.4 Å². The standard InChI is InChI=1S/C15H18ClNO2/c1-10-5-4-6-12(14(10)16)15(17-2)13-8-7-11(19-13)9-18-3/h4-8,15,17H,9H2,1-3H3. The number of halogens is 1. The molecular weight excluding hydrogens is 262 g/mol. The molecule has 1 aromatic heterocycles. The summed E-state index contributed by atoms with van der Waals surface area (Å²) in [4.78, 5) is 0. The summed E-state index contributed by atoms with van der Waals surface area (Å²) in [7, 11) is 3.54. The van der Waals surface area contributed by atoms with E-state index >= 15 is 0 Å². The van der Waals surface area contributed by atoms with Gasteiger partial charge in [-0.25, -0.2) is 0 Å². The van der Waals surface area contributed by atoms with Gasteiger partial charge in [0.15, 0.2) is 0 Å². The van der Waals surface area contributed by atoms with Gasteiger partial charge in [0.1, 0.15) is 18.1 Å². The summed E-state index contributed by atoms with van der Waals surface area (Å²) in [6, 6.07) is 9.82. The average molecular weight is 280 g/mol. The van der Waals surface area contributed by atoms with Crippen LogP contribution < -0.4 is 5.32 Å². The summed E-state index contributed by atoms with van der Waals surface area (Å²) in [5, 5.41) is 4.01. The minimum Gasteiger partial charge on any atom is -0.462 e. The first-order chi connectivity index (χ1) is 9.17. The van der Waals surface area contributed by atoms with Crippen LogP contribution in [0.4, 0.5) is 0 Å². The Labute approximate surface area is 118 Å². The van der Waals surface area contributed by atoms with Gasteiger partial charge in [0.25, 0.3) is 0 Å². The molecule has 0 spiro atoms. The lowest BCUT2D eigenvalue weighted by atomic mass is 10.0. The van der Waals surface area contributed by atoms with Crippen molar-refractivity contribution in [3.8, 4) is 0 Å². The minimum absolute atomic E-state index is 0.0574. The van der Waals surface area contributed by atoms with Gasteiger partial charge in [-0.1, -0.05) is 29.8 Å². The van der Waals surface area contributed by atoms with Crippen LogP contribution in [0.1, 0.15) is 28.7 Å². The highest BCUT2D eigenvalue weighted by Crippen LogP contribution is 2.31. The lowest BCUT2D eigenvalue weighted by Gasteiger charge is -2.16. The van der Waals surface area contributed by atoms with Gasteiger partial charge in [-0.3, -0.25) is 0 Å². The van der Waals surface area contributed by atoms with E-state index in [1.165, 1.54) is 0 Å². The van der Waals surface area contributed by atoms with Crippen LogP contribution >= 0.6 is 11.6 Å². The molecule has 0 aliphatic heterocycles. The summed E-state index contributed by atoms with van der Waals surface area (Å²) in [6.07, 6.45) is 0. The predicted molar refractivity (Wildman–Crippen MR) is 76.5 cm³/mol. The Kier molecular flexibility index (Phi) is 4.64. The summed E-state index contributed by atoms with van der Waals surface area (Å²) >= 11 is 6.38. The molecule has 0 fully saturated rings. The minimum atomic E-state index is -0.0574. The number of aryl methyl sites for hydroxylation is 1. The molecule has 0 saturated carbocycles. The Morgan fingerprint density at radius 1 is 1.32 bits per heavy atom. The molecule has 0 bridgehead atoms. The fourth-order valence-corrected chi connectivity index (χ4v) is 2.35. The summed E-state index contributed by atoms with van der Waals surface area (Å²) in [5.41, 5.74) is 2.07. The predicted octanol–water partition coefficient (Wildman–Crippen LogP) is 3.70. The van der Waals surface area contributed by atoms with E-state index in [1.54, 1.807) is 7.11 Å². The SMILES string of the molecule is CNC(c1ccc(COC)o1)c1cccc(C)c1Cl. The second-order valence-corrected chi connectivity index (χ2v) is 4.81. The number of nitrogens with one attached hydrogen (secondary N) is 1. The van der Waals surface area contributed by atoms with Crippen molar-refractivity contribution in [2.45, 2.75) is 19.6 Å². The van der Waals surface area contributed by atoms with Crippen LogP contribution in [-0.4, -0.2) is 14.2 Å². The normalized spacial score (nSPS) is 12.6. The molecule has 1 aromatic carbocycles. The van der Waals surface area contributed by atoms with Crippen molar-refractivity contribution in [2.24, 2.45) is 0 Å². The Bertz CT molecular complexity index is 551.